The molecule has 3 aromatic heterocycles. The molecule has 0 spiro atoms. The van der Waals surface area contributed by atoms with Gasteiger partial charge in [-0.05, 0) is 37.1 Å². The lowest BCUT2D eigenvalue weighted by molar-refractivity contribution is -0.117. The van der Waals surface area contributed by atoms with Gasteiger partial charge in [-0.1, -0.05) is 18.2 Å². The number of H-pyrrole nitrogens is 1. The molecular weight excluding hydrogens is 382 g/mol. The second kappa shape index (κ2) is 8.56. The Labute approximate surface area is 172 Å². The van der Waals surface area contributed by atoms with Crippen LogP contribution in [0.1, 0.15) is 23.0 Å². The molecule has 3 N–H and O–H groups in total. The lowest BCUT2D eigenvalue weighted by Crippen LogP contribution is -2.41. The van der Waals surface area contributed by atoms with Gasteiger partial charge < -0.3 is 10.6 Å². The standard InChI is InChI=1S/C21H21N7O2/c1-14(23-21(30)19-16-4-2-3-5-17(16)25-26-19)20(29)24-18-9-13-28(27-18)12-8-15-6-10-22-11-7-15/h2-7,9-11,13-14H,8,12H2,1H3,(H,23,30)(H,25,26)(H,24,27,29). The van der Waals surface area contributed by atoms with Crippen molar-refractivity contribution in [2.45, 2.75) is 25.9 Å². The van der Waals surface area contributed by atoms with Crippen LogP contribution in [0.4, 0.5) is 5.82 Å². The second-order valence-corrected chi connectivity index (χ2v) is 6.87. The third kappa shape index (κ3) is 4.35. The summed E-state index contributed by atoms with van der Waals surface area (Å²) in [5.41, 5.74) is 2.18. The van der Waals surface area contributed by atoms with Gasteiger partial charge >= 0.3 is 0 Å². The van der Waals surface area contributed by atoms with Gasteiger partial charge in [-0.25, -0.2) is 0 Å². The molecule has 1 aromatic carbocycles. The SMILES string of the molecule is CC(NC(=O)c1n[nH]c2ccccc12)C(=O)Nc1ccn(CCc2ccncc2)n1. The first-order valence-electron chi connectivity index (χ1n) is 9.57. The van der Waals surface area contributed by atoms with Gasteiger partial charge in [0, 0.05) is 36.6 Å². The fourth-order valence-corrected chi connectivity index (χ4v) is 3.05. The fourth-order valence-electron chi connectivity index (χ4n) is 3.05. The number of aromatic amines is 1. The first-order valence-corrected chi connectivity index (χ1v) is 9.57. The number of carbonyl (C=O) groups is 2. The first-order chi connectivity index (χ1) is 14.6. The minimum Gasteiger partial charge on any atom is -0.339 e. The first kappa shape index (κ1) is 19.3. The van der Waals surface area contributed by atoms with E-state index in [9.17, 15) is 9.59 Å². The van der Waals surface area contributed by atoms with E-state index in [0.29, 0.717) is 17.7 Å². The summed E-state index contributed by atoms with van der Waals surface area (Å²) in [5, 5.41) is 17.3. The van der Waals surface area contributed by atoms with Gasteiger partial charge in [0.1, 0.15) is 6.04 Å². The monoisotopic (exact) mass is 403 g/mol. The van der Waals surface area contributed by atoms with Crippen molar-refractivity contribution in [3.8, 4) is 0 Å². The predicted octanol–water partition coefficient (Wildman–Crippen LogP) is 2.15. The highest BCUT2D eigenvalue weighted by Gasteiger charge is 2.20. The van der Waals surface area contributed by atoms with E-state index in [1.165, 1.54) is 0 Å². The average molecular weight is 403 g/mol. The molecule has 1 unspecified atom stereocenters. The number of aryl methyl sites for hydroxylation is 2. The van der Waals surface area contributed by atoms with Crippen LogP contribution >= 0.6 is 0 Å². The van der Waals surface area contributed by atoms with Crippen molar-refractivity contribution >= 4 is 28.5 Å². The highest BCUT2D eigenvalue weighted by atomic mass is 16.2. The summed E-state index contributed by atoms with van der Waals surface area (Å²) in [6.45, 7) is 2.29. The van der Waals surface area contributed by atoms with Crippen molar-refractivity contribution in [2.24, 2.45) is 0 Å². The number of pyridine rings is 1. The summed E-state index contributed by atoms with van der Waals surface area (Å²) in [6.07, 6.45) is 6.12. The largest absolute Gasteiger partial charge is 0.339 e. The number of hydrogen-bond donors (Lipinski definition) is 3. The molecule has 152 valence electrons. The van der Waals surface area contributed by atoms with E-state index in [0.717, 1.165) is 17.5 Å². The molecule has 0 aliphatic carbocycles. The number of para-hydroxylation sites is 1. The zero-order valence-corrected chi connectivity index (χ0v) is 16.4. The Balaban J connectivity index is 1.32. The molecule has 1 atom stereocenters. The highest BCUT2D eigenvalue weighted by molar-refractivity contribution is 6.06. The molecule has 0 aliphatic rings. The van der Waals surface area contributed by atoms with Gasteiger partial charge in [0.05, 0.1) is 5.52 Å². The number of fused-ring (bicyclic) bond motifs is 1. The molecule has 0 aliphatic heterocycles. The Morgan fingerprint density at radius 2 is 1.93 bits per heavy atom. The summed E-state index contributed by atoms with van der Waals surface area (Å²) < 4.78 is 1.76. The van der Waals surface area contributed by atoms with Crippen LogP contribution in [0, 0.1) is 0 Å². The molecule has 0 saturated carbocycles. The van der Waals surface area contributed by atoms with Gasteiger partial charge in [-0.2, -0.15) is 10.2 Å². The fraction of sp³-hybridized carbons (Fsp3) is 0.190. The highest BCUT2D eigenvalue weighted by Crippen LogP contribution is 2.15. The van der Waals surface area contributed by atoms with E-state index >= 15 is 0 Å². The third-order valence-corrected chi connectivity index (χ3v) is 4.70. The number of anilines is 1. The topological polar surface area (TPSA) is 118 Å². The number of benzene rings is 1. The normalized spacial score (nSPS) is 11.9. The molecule has 0 bridgehead atoms. The van der Waals surface area contributed by atoms with Gasteiger partial charge in [0.15, 0.2) is 11.5 Å². The molecule has 0 radical (unpaired) electrons. The van der Waals surface area contributed by atoms with Crippen LogP contribution in [-0.4, -0.2) is 42.8 Å². The molecule has 4 rings (SSSR count). The molecule has 9 heteroatoms. The van der Waals surface area contributed by atoms with Gasteiger partial charge in [0.2, 0.25) is 5.91 Å². The number of hydrogen-bond acceptors (Lipinski definition) is 5. The number of aromatic nitrogens is 5. The van der Waals surface area contributed by atoms with Crippen molar-refractivity contribution < 1.29 is 9.59 Å². The van der Waals surface area contributed by atoms with Crippen LogP contribution in [0.2, 0.25) is 0 Å². The lowest BCUT2D eigenvalue weighted by Gasteiger charge is -2.12. The molecule has 30 heavy (non-hydrogen) atoms. The number of amides is 2. The van der Waals surface area contributed by atoms with E-state index in [4.69, 9.17) is 0 Å². The summed E-state index contributed by atoms with van der Waals surface area (Å²) in [4.78, 5) is 29.0. The van der Waals surface area contributed by atoms with Crippen molar-refractivity contribution in [1.82, 2.24) is 30.3 Å². The van der Waals surface area contributed by atoms with Gasteiger partial charge in [0.25, 0.3) is 5.91 Å². The summed E-state index contributed by atoms with van der Waals surface area (Å²) in [5.74, 6) is -0.346. The quantitative estimate of drug-likeness (QED) is 0.437. The van der Waals surface area contributed by atoms with Crippen LogP contribution in [0.15, 0.2) is 61.1 Å². The van der Waals surface area contributed by atoms with Crippen LogP contribution in [0.5, 0.6) is 0 Å². The number of nitrogens with one attached hydrogen (secondary N) is 3. The molecule has 0 saturated heterocycles. The summed E-state index contributed by atoms with van der Waals surface area (Å²) in [7, 11) is 0. The van der Waals surface area contributed by atoms with Crippen molar-refractivity contribution in [3.63, 3.8) is 0 Å². The average Bonchev–Trinajstić information content (AvgIpc) is 3.39. The summed E-state index contributed by atoms with van der Waals surface area (Å²) >= 11 is 0. The Hall–Kier alpha value is -4.01. The van der Waals surface area contributed by atoms with E-state index in [1.54, 1.807) is 42.3 Å². The maximum atomic E-state index is 12.5. The molecule has 9 nitrogen and oxygen atoms in total. The lowest BCUT2D eigenvalue weighted by atomic mass is 10.2. The third-order valence-electron chi connectivity index (χ3n) is 4.70. The summed E-state index contributed by atoms with van der Waals surface area (Å²) in [6, 6.07) is 12.2. The van der Waals surface area contributed by atoms with Crippen LogP contribution in [0.25, 0.3) is 10.9 Å². The van der Waals surface area contributed by atoms with Crippen molar-refractivity contribution in [2.75, 3.05) is 5.32 Å². The molecule has 0 fully saturated rings. The van der Waals surface area contributed by atoms with Crippen molar-refractivity contribution in [1.29, 1.82) is 0 Å². The number of nitrogens with zero attached hydrogens (tertiary/aromatic N) is 4. The predicted molar refractivity (Wildman–Crippen MR) is 112 cm³/mol. The van der Waals surface area contributed by atoms with E-state index in [1.807, 2.05) is 30.3 Å². The van der Waals surface area contributed by atoms with Crippen LogP contribution in [0.3, 0.4) is 0 Å². The molecular formula is C21H21N7O2. The van der Waals surface area contributed by atoms with Gasteiger partial charge in [-0.3, -0.25) is 24.4 Å². The smallest absolute Gasteiger partial charge is 0.273 e. The Morgan fingerprint density at radius 3 is 2.77 bits per heavy atom. The zero-order valence-electron chi connectivity index (χ0n) is 16.4. The maximum Gasteiger partial charge on any atom is 0.273 e. The van der Waals surface area contributed by atoms with Gasteiger partial charge in [-0.15, -0.1) is 0 Å². The van der Waals surface area contributed by atoms with Crippen LogP contribution < -0.4 is 10.6 Å². The minimum absolute atomic E-state index is 0.255. The number of carbonyl (C=O) groups excluding carboxylic acids is 2. The maximum absolute atomic E-state index is 12.5. The number of rotatable bonds is 7. The van der Waals surface area contributed by atoms with E-state index < -0.39 is 11.9 Å². The van der Waals surface area contributed by atoms with Crippen LogP contribution in [-0.2, 0) is 17.8 Å². The van der Waals surface area contributed by atoms with E-state index in [2.05, 4.69) is 30.9 Å². The Bertz CT molecular complexity index is 1170. The molecule has 2 amide bonds. The molecule has 3 heterocycles. The van der Waals surface area contributed by atoms with Crippen molar-refractivity contribution in [3.05, 3.63) is 72.3 Å². The van der Waals surface area contributed by atoms with E-state index in [-0.39, 0.29) is 11.6 Å². The Kier molecular flexibility index (Phi) is 5.51. The zero-order chi connectivity index (χ0) is 20.9. The second-order valence-electron chi connectivity index (χ2n) is 6.87. The minimum atomic E-state index is -0.755. The molecule has 4 aromatic rings. The Morgan fingerprint density at radius 1 is 1.13 bits per heavy atom.